The average molecular weight is 387 g/mol. The summed E-state index contributed by atoms with van der Waals surface area (Å²) in [5, 5.41) is 5.54. The predicted molar refractivity (Wildman–Crippen MR) is 118 cm³/mol. The van der Waals surface area contributed by atoms with E-state index in [1.165, 1.54) is 58.4 Å². The Morgan fingerprint density at radius 3 is 1.42 bits per heavy atom. The minimum Gasteiger partial charge on any atom is -0.127 e. The summed E-state index contributed by atoms with van der Waals surface area (Å²) in [6.45, 7) is 0. The highest BCUT2D eigenvalue weighted by Gasteiger charge is 2.06. The lowest BCUT2D eigenvalue weighted by molar-refractivity contribution is 0.722. The maximum atomic E-state index is 5.81. The number of fused-ring (bicyclic) bond motifs is 2. The zero-order chi connectivity index (χ0) is 18.2. The van der Waals surface area contributed by atoms with Crippen LogP contribution in [0, 0.1) is 0 Å². The number of benzene rings is 3. The molecule has 0 radical (unpaired) electrons. The molecule has 0 aromatic heterocycles. The van der Waals surface area contributed by atoms with Gasteiger partial charge < -0.3 is 0 Å². The quantitative estimate of drug-likeness (QED) is 0.188. The highest BCUT2D eigenvalue weighted by atomic mass is 35.5. The lowest BCUT2D eigenvalue weighted by Gasteiger charge is -2.11. The van der Waals surface area contributed by atoms with Gasteiger partial charge in [0.2, 0.25) is 0 Å². The highest BCUT2D eigenvalue weighted by molar-refractivity contribution is 6.18. The Labute approximate surface area is 167 Å². The van der Waals surface area contributed by atoms with Crippen LogP contribution in [-0.4, -0.2) is 11.8 Å². The fourth-order valence-corrected chi connectivity index (χ4v) is 4.17. The maximum Gasteiger partial charge on any atom is 0.0223 e. The Morgan fingerprint density at radius 1 is 0.538 bits per heavy atom. The molecular weight excluding hydrogens is 359 g/mol. The summed E-state index contributed by atoms with van der Waals surface area (Å²) in [6.07, 6.45) is 9.34. The van der Waals surface area contributed by atoms with Gasteiger partial charge in [0.15, 0.2) is 0 Å². The van der Waals surface area contributed by atoms with Gasteiger partial charge in [0.1, 0.15) is 0 Å². The minimum absolute atomic E-state index is 0.772. The first-order valence-electron chi connectivity index (χ1n) is 9.88. The van der Waals surface area contributed by atoms with Crippen molar-refractivity contribution in [3.8, 4) is 0 Å². The summed E-state index contributed by atoms with van der Waals surface area (Å²) in [7, 11) is 0. The molecule has 0 heterocycles. The molecule has 0 unspecified atom stereocenters. The summed E-state index contributed by atoms with van der Waals surface area (Å²) in [5.41, 5.74) is 2.93. The number of aryl methyl sites for hydroxylation is 2. The van der Waals surface area contributed by atoms with E-state index in [4.69, 9.17) is 23.2 Å². The largest absolute Gasteiger partial charge is 0.127 e. The van der Waals surface area contributed by atoms with Crippen molar-refractivity contribution in [1.29, 1.82) is 0 Å². The van der Waals surface area contributed by atoms with Crippen LogP contribution in [0.2, 0.25) is 0 Å². The van der Waals surface area contributed by atoms with Gasteiger partial charge in [0.05, 0.1) is 0 Å². The van der Waals surface area contributed by atoms with E-state index in [1.807, 2.05) is 0 Å². The molecule has 3 rings (SSSR count). The molecule has 0 nitrogen and oxygen atoms in total. The fraction of sp³-hybridized carbons (Fsp3) is 0.417. The van der Waals surface area contributed by atoms with Crippen LogP contribution in [0.4, 0.5) is 0 Å². The molecule has 2 heteroatoms. The van der Waals surface area contributed by atoms with Crippen molar-refractivity contribution in [1.82, 2.24) is 0 Å². The highest BCUT2D eigenvalue weighted by Crippen LogP contribution is 2.29. The van der Waals surface area contributed by atoms with Gasteiger partial charge in [-0.2, -0.15) is 0 Å². The van der Waals surface area contributed by atoms with Crippen molar-refractivity contribution in [2.75, 3.05) is 11.8 Å². The van der Waals surface area contributed by atoms with E-state index >= 15 is 0 Å². The van der Waals surface area contributed by atoms with Gasteiger partial charge >= 0.3 is 0 Å². The van der Waals surface area contributed by atoms with Crippen LogP contribution in [0.3, 0.4) is 0 Å². The van der Waals surface area contributed by atoms with E-state index in [0.29, 0.717) is 0 Å². The molecule has 0 aliphatic carbocycles. The summed E-state index contributed by atoms with van der Waals surface area (Å²) in [5.74, 6) is 1.54. The first kappa shape index (κ1) is 19.5. The van der Waals surface area contributed by atoms with E-state index in [9.17, 15) is 0 Å². The van der Waals surface area contributed by atoms with Crippen LogP contribution in [0.25, 0.3) is 21.5 Å². The van der Waals surface area contributed by atoms with Gasteiger partial charge in [0, 0.05) is 11.8 Å². The Balaban J connectivity index is 1.87. The normalized spacial score (nSPS) is 11.5. The zero-order valence-electron chi connectivity index (χ0n) is 15.4. The molecule has 0 atom stereocenters. The molecule has 0 amide bonds. The lowest BCUT2D eigenvalue weighted by atomic mass is 9.93. The van der Waals surface area contributed by atoms with Gasteiger partial charge in [-0.05, 0) is 83.3 Å². The molecule has 0 aliphatic heterocycles. The Kier molecular flexibility index (Phi) is 7.65. The molecule has 0 saturated heterocycles. The summed E-state index contributed by atoms with van der Waals surface area (Å²) in [6, 6.07) is 18.3. The number of rotatable bonds is 10. The third-order valence-corrected chi connectivity index (χ3v) is 5.75. The number of alkyl halides is 2. The zero-order valence-corrected chi connectivity index (χ0v) is 17.0. The predicted octanol–water partition coefficient (Wildman–Crippen LogP) is 7.90. The van der Waals surface area contributed by atoms with Crippen molar-refractivity contribution >= 4 is 44.7 Å². The van der Waals surface area contributed by atoms with Crippen LogP contribution in [0.5, 0.6) is 0 Å². The summed E-state index contributed by atoms with van der Waals surface area (Å²) < 4.78 is 0. The summed E-state index contributed by atoms with van der Waals surface area (Å²) >= 11 is 11.6. The Morgan fingerprint density at radius 2 is 1.00 bits per heavy atom. The van der Waals surface area contributed by atoms with E-state index in [0.717, 1.165) is 37.4 Å². The SMILES string of the molecule is ClCCCCCc1cccc2cc3c(CCCCCCl)cccc3cc12. The molecule has 138 valence electrons. The van der Waals surface area contributed by atoms with E-state index < -0.39 is 0 Å². The minimum atomic E-state index is 0.772. The number of hydrogen-bond acceptors (Lipinski definition) is 0. The topological polar surface area (TPSA) is 0 Å². The van der Waals surface area contributed by atoms with Crippen LogP contribution < -0.4 is 0 Å². The van der Waals surface area contributed by atoms with E-state index in [1.54, 1.807) is 0 Å². The second-order valence-electron chi connectivity index (χ2n) is 7.13. The molecule has 0 spiro atoms. The number of unbranched alkanes of at least 4 members (excludes halogenated alkanes) is 4. The second kappa shape index (κ2) is 10.2. The lowest BCUT2D eigenvalue weighted by Crippen LogP contribution is -1.92. The molecule has 0 N–H and O–H groups in total. The molecule has 0 fully saturated rings. The molecule has 3 aromatic carbocycles. The second-order valence-corrected chi connectivity index (χ2v) is 7.88. The van der Waals surface area contributed by atoms with Crippen molar-refractivity contribution < 1.29 is 0 Å². The molecule has 0 aliphatic rings. The monoisotopic (exact) mass is 386 g/mol. The smallest absolute Gasteiger partial charge is 0.0223 e. The van der Waals surface area contributed by atoms with Crippen molar-refractivity contribution in [3.05, 3.63) is 59.7 Å². The van der Waals surface area contributed by atoms with Gasteiger partial charge in [-0.25, -0.2) is 0 Å². The van der Waals surface area contributed by atoms with Crippen LogP contribution in [0.1, 0.15) is 49.7 Å². The van der Waals surface area contributed by atoms with Crippen molar-refractivity contribution in [2.45, 2.75) is 51.4 Å². The Bertz CT molecular complexity index is 767. The average Bonchev–Trinajstić information content (AvgIpc) is 2.67. The van der Waals surface area contributed by atoms with Crippen molar-refractivity contribution in [2.24, 2.45) is 0 Å². The van der Waals surface area contributed by atoms with Crippen LogP contribution >= 0.6 is 23.2 Å². The molecule has 0 saturated carbocycles. The molecular formula is C24H28Cl2. The first-order valence-corrected chi connectivity index (χ1v) is 11.0. The maximum absolute atomic E-state index is 5.81. The molecule has 0 bridgehead atoms. The van der Waals surface area contributed by atoms with E-state index in [-0.39, 0.29) is 0 Å². The van der Waals surface area contributed by atoms with Gasteiger partial charge in [-0.1, -0.05) is 49.2 Å². The number of hydrogen-bond donors (Lipinski definition) is 0. The van der Waals surface area contributed by atoms with E-state index in [2.05, 4.69) is 48.5 Å². The number of halogens is 2. The van der Waals surface area contributed by atoms with Crippen LogP contribution in [-0.2, 0) is 12.8 Å². The Hall–Kier alpha value is -1.24. The third-order valence-electron chi connectivity index (χ3n) is 5.22. The van der Waals surface area contributed by atoms with Gasteiger partial charge in [-0.3, -0.25) is 0 Å². The van der Waals surface area contributed by atoms with Crippen molar-refractivity contribution in [3.63, 3.8) is 0 Å². The first-order chi connectivity index (χ1) is 12.8. The third kappa shape index (κ3) is 4.93. The summed E-state index contributed by atoms with van der Waals surface area (Å²) in [4.78, 5) is 0. The van der Waals surface area contributed by atoms with Gasteiger partial charge in [0.25, 0.3) is 0 Å². The molecule has 26 heavy (non-hydrogen) atoms. The van der Waals surface area contributed by atoms with Crippen LogP contribution in [0.15, 0.2) is 48.5 Å². The molecule has 3 aromatic rings. The standard InChI is InChI=1S/C24H28Cl2/c25-15-5-1-3-9-19-11-7-13-21-18-24-20(10-4-2-6-16-26)12-8-14-22(24)17-23(19)21/h7-8,11-14,17-18H,1-6,9-10,15-16H2. The van der Waals surface area contributed by atoms with Gasteiger partial charge in [-0.15, -0.1) is 23.2 Å². The fourth-order valence-electron chi connectivity index (χ4n) is 3.79.